The van der Waals surface area contributed by atoms with Crippen LogP contribution in [0.25, 0.3) is 27.6 Å². The molecule has 0 aliphatic carbocycles. The Morgan fingerprint density at radius 3 is 2.53 bits per heavy atom. The lowest BCUT2D eigenvalue weighted by atomic mass is 10.1. The van der Waals surface area contributed by atoms with Crippen LogP contribution < -0.4 is 5.56 Å². The maximum atomic E-state index is 13.7. The van der Waals surface area contributed by atoms with Gasteiger partial charge in [-0.25, -0.2) is 4.98 Å². The van der Waals surface area contributed by atoms with Gasteiger partial charge in [0.1, 0.15) is 11.0 Å². The lowest BCUT2D eigenvalue weighted by Gasteiger charge is -2.15. The summed E-state index contributed by atoms with van der Waals surface area (Å²) in [5.41, 5.74) is 6.43. The molecule has 0 saturated heterocycles. The van der Waals surface area contributed by atoms with E-state index in [1.807, 2.05) is 54.6 Å². The molecular weight excluding hydrogens is 390 g/mol. The Balaban J connectivity index is 1.77. The number of benzene rings is 3. The summed E-state index contributed by atoms with van der Waals surface area (Å²) in [4.78, 5) is 21.9. The Morgan fingerprint density at radius 2 is 1.70 bits per heavy atom. The fourth-order valence-electron chi connectivity index (χ4n) is 3.75. The molecule has 30 heavy (non-hydrogen) atoms. The van der Waals surface area contributed by atoms with E-state index < -0.39 is 0 Å². The molecule has 148 valence electrons. The van der Waals surface area contributed by atoms with Crippen LogP contribution in [0.1, 0.15) is 16.7 Å². The smallest absolute Gasteiger partial charge is 0.283 e. The van der Waals surface area contributed by atoms with Gasteiger partial charge in [-0.1, -0.05) is 72.4 Å². The highest BCUT2D eigenvalue weighted by Crippen LogP contribution is 2.29. The van der Waals surface area contributed by atoms with E-state index in [1.165, 1.54) is 5.56 Å². The number of nitrogens with one attached hydrogen (secondary N) is 1. The van der Waals surface area contributed by atoms with Crippen LogP contribution in [0.3, 0.4) is 0 Å². The summed E-state index contributed by atoms with van der Waals surface area (Å²) in [6, 6.07) is 24.2. The van der Waals surface area contributed by atoms with Gasteiger partial charge in [-0.15, -0.1) is 0 Å². The topological polar surface area (TPSA) is 50.7 Å². The number of thioether (sulfide) groups is 1. The highest BCUT2D eigenvalue weighted by Gasteiger charge is 2.18. The van der Waals surface area contributed by atoms with Crippen molar-refractivity contribution >= 4 is 33.7 Å². The molecule has 0 spiro atoms. The van der Waals surface area contributed by atoms with Gasteiger partial charge in [-0.2, -0.15) is 0 Å². The predicted molar refractivity (Wildman–Crippen MR) is 125 cm³/mol. The SMILES string of the molecule is Cc1cccc(-n2c(SCc3ccccc3)nc3c([nH]c4ccccc43)c2=O)c1C. The number of hydrogen-bond acceptors (Lipinski definition) is 3. The molecule has 3 aromatic carbocycles. The largest absolute Gasteiger partial charge is 0.349 e. The van der Waals surface area contributed by atoms with Crippen molar-refractivity contribution in [1.29, 1.82) is 0 Å². The Bertz CT molecular complexity index is 1430. The quantitative estimate of drug-likeness (QED) is 0.301. The van der Waals surface area contributed by atoms with Crippen molar-refractivity contribution in [2.75, 3.05) is 0 Å². The van der Waals surface area contributed by atoms with Crippen LogP contribution in [-0.4, -0.2) is 14.5 Å². The van der Waals surface area contributed by atoms with E-state index in [1.54, 1.807) is 16.3 Å². The molecule has 0 saturated carbocycles. The average Bonchev–Trinajstić information content (AvgIpc) is 3.15. The van der Waals surface area contributed by atoms with Crippen LogP contribution in [0.5, 0.6) is 0 Å². The van der Waals surface area contributed by atoms with Crippen LogP contribution in [0.15, 0.2) is 82.7 Å². The van der Waals surface area contributed by atoms with E-state index in [0.29, 0.717) is 10.7 Å². The molecule has 0 atom stereocenters. The third-order valence-corrected chi connectivity index (χ3v) is 6.53. The number of aromatic amines is 1. The summed E-state index contributed by atoms with van der Waals surface area (Å²) < 4.78 is 1.76. The van der Waals surface area contributed by atoms with E-state index in [4.69, 9.17) is 4.98 Å². The minimum absolute atomic E-state index is 0.0690. The Morgan fingerprint density at radius 1 is 0.933 bits per heavy atom. The second-order valence-electron chi connectivity index (χ2n) is 7.42. The third kappa shape index (κ3) is 3.12. The molecule has 0 radical (unpaired) electrons. The van der Waals surface area contributed by atoms with Crippen molar-refractivity contribution in [2.45, 2.75) is 24.8 Å². The fourth-order valence-corrected chi connectivity index (χ4v) is 4.71. The monoisotopic (exact) mass is 411 g/mol. The van der Waals surface area contributed by atoms with Gasteiger partial charge in [0.05, 0.1) is 5.69 Å². The first kappa shape index (κ1) is 18.7. The van der Waals surface area contributed by atoms with Gasteiger partial charge >= 0.3 is 0 Å². The van der Waals surface area contributed by atoms with Crippen molar-refractivity contribution in [3.63, 3.8) is 0 Å². The highest BCUT2D eigenvalue weighted by atomic mass is 32.2. The molecule has 5 rings (SSSR count). The molecule has 5 heteroatoms. The number of aromatic nitrogens is 3. The molecule has 0 amide bonds. The molecule has 2 aromatic heterocycles. The van der Waals surface area contributed by atoms with Gasteiger partial charge < -0.3 is 4.98 Å². The first-order chi connectivity index (χ1) is 14.6. The molecule has 0 aliphatic rings. The molecule has 1 N–H and O–H groups in total. The Kier molecular flexibility index (Phi) is 4.68. The number of aryl methyl sites for hydroxylation is 1. The molecule has 0 fully saturated rings. The minimum Gasteiger partial charge on any atom is -0.349 e. The lowest BCUT2D eigenvalue weighted by molar-refractivity contribution is 0.812. The number of rotatable bonds is 4. The van der Waals surface area contributed by atoms with E-state index >= 15 is 0 Å². The minimum atomic E-state index is -0.0690. The van der Waals surface area contributed by atoms with Crippen LogP contribution >= 0.6 is 11.8 Å². The van der Waals surface area contributed by atoms with Crippen molar-refractivity contribution < 1.29 is 0 Å². The lowest BCUT2D eigenvalue weighted by Crippen LogP contribution is -2.22. The Labute approximate surface area is 178 Å². The molecule has 2 heterocycles. The normalized spacial score (nSPS) is 11.4. The van der Waals surface area contributed by atoms with Gasteiger partial charge in [0.2, 0.25) is 0 Å². The number of para-hydroxylation sites is 1. The van der Waals surface area contributed by atoms with Crippen molar-refractivity contribution in [3.8, 4) is 5.69 Å². The van der Waals surface area contributed by atoms with Crippen molar-refractivity contribution in [2.24, 2.45) is 0 Å². The second kappa shape index (κ2) is 7.50. The maximum Gasteiger partial charge on any atom is 0.283 e. The summed E-state index contributed by atoms with van der Waals surface area (Å²) in [5.74, 6) is 0.742. The summed E-state index contributed by atoms with van der Waals surface area (Å²) in [6.45, 7) is 4.12. The van der Waals surface area contributed by atoms with Crippen molar-refractivity contribution in [1.82, 2.24) is 14.5 Å². The highest BCUT2D eigenvalue weighted by molar-refractivity contribution is 7.98. The van der Waals surface area contributed by atoms with Gasteiger partial charge in [0.15, 0.2) is 5.16 Å². The van der Waals surface area contributed by atoms with E-state index in [2.05, 4.69) is 37.0 Å². The van der Waals surface area contributed by atoms with Gasteiger partial charge in [-0.3, -0.25) is 9.36 Å². The third-order valence-electron chi connectivity index (χ3n) is 5.52. The van der Waals surface area contributed by atoms with E-state index in [-0.39, 0.29) is 5.56 Å². The van der Waals surface area contributed by atoms with Crippen LogP contribution in [0.4, 0.5) is 0 Å². The molecule has 0 aliphatic heterocycles. The zero-order valence-electron chi connectivity index (χ0n) is 16.8. The summed E-state index contributed by atoms with van der Waals surface area (Å²) in [5, 5.41) is 1.68. The fraction of sp³-hybridized carbons (Fsp3) is 0.120. The first-order valence-corrected chi connectivity index (χ1v) is 10.9. The second-order valence-corrected chi connectivity index (χ2v) is 8.36. The predicted octanol–water partition coefficient (Wildman–Crippen LogP) is 5.78. The standard InChI is InChI=1S/C25H21N3OS/c1-16-9-8-14-21(17(16)2)28-24(29)23-22(19-12-6-7-13-20(19)26-23)27-25(28)30-15-18-10-4-3-5-11-18/h3-14,26H,15H2,1-2H3. The zero-order valence-corrected chi connectivity index (χ0v) is 17.7. The molecule has 5 aromatic rings. The number of nitrogens with zero attached hydrogens (tertiary/aromatic N) is 2. The van der Waals surface area contributed by atoms with Gasteiger partial charge in [0, 0.05) is 16.7 Å². The summed E-state index contributed by atoms with van der Waals surface area (Å²) >= 11 is 1.59. The maximum absolute atomic E-state index is 13.7. The number of fused-ring (bicyclic) bond motifs is 3. The van der Waals surface area contributed by atoms with Crippen molar-refractivity contribution in [3.05, 3.63) is 99.8 Å². The average molecular weight is 412 g/mol. The van der Waals surface area contributed by atoms with Crippen LogP contribution in [-0.2, 0) is 5.75 Å². The number of hydrogen-bond donors (Lipinski definition) is 1. The van der Waals surface area contributed by atoms with Crippen LogP contribution in [0, 0.1) is 13.8 Å². The van der Waals surface area contributed by atoms with Gasteiger partial charge in [0.25, 0.3) is 5.56 Å². The molecule has 4 nitrogen and oxygen atoms in total. The molecule has 0 bridgehead atoms. The summed E-state index contributed by atoms with van der Waals surface area (Å²) in [6.07, 6.45) is 0. The van der Waals surface area contributed by atoms with Crippen LogP contribution in [0.2, 0.25) is 0 Å². The van der Waals surface area contributed by atoms with Gasteiger partial charge in [-0.05, 0) is 42.7 Å². The summed E-state index contributed by atoms with van der Waals surface area (Å²) in [7, 11) is 0. The number of H-pyrrole nitrogens is 1. The zero-order chi connectivity index (χ0) is 20.7. The first-order valence-electron chi connectivity index (χ1n) is 9.90. The van der Waals surface area contributed by atoms with E-state index in [0.717, 1.165) is 39.0 Å². The molecular formula is C25H21N3OS. The molecule has 0 unspecified atom stereocenters. The van der Waals surface area contributed by atoms with E-state index in [9.17, 15) is 4.79 Å². The Hall–Kier alpha value is -3.31.